The van der Waals surface area contributed by atoms with E-state index in [4.69, 9.17) is 33.2 Å². The standard InChI is InChI=1S/C24H34O14/c1-32-12-6-4-11(8-13(12)33-2)5-7-16(25)35-9-14-17(26)20(29)22(31)24(38-14)36-10-15-18(27)19(28)21(30)23(34-3)37-15/h4-8,14-15,17-24,26-31H,9-10H2,1-3H3/b7-5+/t14-,15-,17-,18-,19+,20+,21-,22-,23-,24-/m1/s1. The van der Waals surface area contributed by atoms with Crippen molar-refractivity contribution in [3.05, 3.63) is 29.8 Å². The minimum Gasteiger partial charge on any atom is -0.493 e. The SMILES string of the molecule is COc1ccc(/C=C/C(=O)OC[C@H]2O[C@@H](OC[C@H]3O[C@@H](OC)[C@H](O)[C@@H](O)[C@@H]3O)[C@H](O)[C@@H](O)[C@@H]2O)cc1OC. The third kappa shape index (κ3) is 6.98. The van der Waals surface area contributed by atoms with Crippen molar-refractivity contribution < 1.29 is 68.6 Å². The van der Waals surface area contributed by atoms with Crippen molar-refractivity contribution in [2.45, 2.75) is 61.4 Å². The lowest BCUT2D eigenvalue weighted by Gasteiger charge is -2.42. The van der Waals surface area contributed by atoms with Crippen LogP contribution >= 0.6 is 0 Å². The van der Waals surface area contributed by atoms with Crippen LogP contribution < -0.4 is 9.47 Å². The highest BCUT2D eigenvalue weighted by atomic mass is 16.7. The minimum absolute atomic E-state index is 0.448. The largest absolute Gasteiger partial charge is 0.493 e. The van der Waals surface area contributed by atoms with Gasteiger partial charge in [-0.05, 0) is 23.8 Å². The number of esters is 1. The Morgan fingerprint density at radius 2 is 1.37 bits per heavy atom. The zero-order chi connectivity index (χ0) is 28.0. The number of carbonyl (C=O) groups is 1. The number of aliphatic hydroxyl groups is 6. The molecule has 0 amide bonds. The smallest absolute Gasteiger partial charge is 0.330 e. The molecule has 10 atom stereocenters. The van der Waals surface area contributed by atoms with Gasteiger partial charge in [0.15, 0.2) is 24.1 Å². The van der Waals surface area contributed by atoms with Crippen molar-refractivity contribution in [1.29, 1.82) is 0 Å². The summed E-state index contributed by atoms with van der Waals surface area (Å²) >= 11 is 0. The Morgan fingerprint density at radius 1 is 0.789 bits per heavy atom. The highest BCUT2D eigenvalue weighted by Gasteiger charge is 2.47. The fourth-order valence-corrected chi connectivity index (χ4v) is 3.96. The molecule has 0 saturated carbocycles. The predicted molar refractivity (Wildman–Crippen MR) is 126 cm³/mol. The first-order valence-corrected chi connectivity index (χ1v) is 11.7. The first-order chi connectivity index (χ1) is 18.1. The summed E-state index contributed by atoms with van der Waals surface area (Å²) in [4.78, 5) is 12.2. The van der Waals surface area contributed by atoms with Gasteiger partial charge in [0.05, 0.1) is 20.8 Å². The predicted octanol–water partition coefficient (Wildman–Crippen LogP) is -2.46. The fourth-order valence-electron chi connectivity index (χ4n) is 3.96. The number of hydrogen-bond acceptors (Lipinski definition) is 14. The van der Waals surface area contributed by atoms with Gasteiger partial charge in [0.2, 0.25) is 0 Å². The molecule has 2 heterocycles. The number of methoxy groups -OCH3 is 3. The average molecular weight is 547 g/mol. The number of benzene rings is 1. The molecule has 0 unspecified atom stereocenters. The van der Waals surface area contributed by atoms with E-state index in [9.17, 15) is 35.4 Å². The summed E-state index contributed by atoms with van der Waals surface area (Å²) in [6, 6.07) is 5.01. The van der Waals surface area contributed by atoms with Gasteiger partial charge in [-0.25, -0.2) is 4.79 Å². The van der Waals surface area contributed by atoms with Crippen LogP contribution in [-0.2, 0) is 28.5 Å². The van der Waals surface area contributed by atoms with Gasteiger partial charge in [-0.3, -0.25) is 0 Å². The van der Waals surface area contributed by atoms with E-state index in [1.807, 2.05) is 0 Å². The van der Waals surface area contributed by atoms with Gasteiger partial charge in [-0.15, -0.1) is 0 Å². The highest BCUT2D eigenvalue weighted by Crippen LogP contribution is 2.28. The van der Waals surface area contributed by atoms with E-state index in [0.717, 1.165) is 6.08 Å². The molecule has 1 aromatic carbocycles. The van der Waals surface area contributed by atoms with Gasteiger partial charge in [0.25, 0.3) is 0 Å². The molecule has 0 bridgehead atoms. The average Bonchev–Trinajstić information content (AvgIpc) is 2.93. The van der Waals surface area contributed by atoms with Gasteiger partial charge in [0, 0.05) is 13.2 Å². The van der Waals surface area contributed by atoms with E-state index < -0.39 is 80.6 Å². The molecule has 0 radical (unpaired) electrons. The molecule has 2 aliphatic rings. The molecule has 38 heavy (non-hydrogen) atoms. The van der Waals surface area contributed by atoms with Crippen LogP contribution in [0.15, 0.2) is 24.3 Å². The molecular formula is C24H34O14. The number of ether oxygens (including phenoxy) is 7. The summed E-state index contributed by atoms with van der Waals surface area (Å²) in [6.07, 6.45) is -12.3. The van der Waals surface area contributed by atoms with Crippen LogP contribution in [0.1, 0.15) is 5.56 Å². The molecule has 214 valence electrons. The van der Waals surface area contributed by atoms with Crippen molar-refractivity contribution in [1.82, 2.24) is 0 Å². The normalized spacial score (nSPS) is 35.7. The Kier molecular flexibility index (Phi) is 10.8. The van der Waals surface area contributed by atoms with E-state index in [0.29, 0.717) is 17.1 Å². The second-order valence-electron chi connectivity index (χ2n) is 8.68. The highest BCUT2D eigenvalue weighted by molar-refractivity contribution is 5.87. The molecule has 14 heteroatoms. The third-order valence-corrected chi connectivity index (χ3v) is 6.20. The second kappa shape index (κ2) is 13.6. The van der Waals surface area contributed by atoms with Crippen molar-refractivity contribution in [2.24, 2.45) is 0 Å². The summed E-state index contributed by atoms with van der Waals surface area (Å²) in [5.41, 5.74) is 0.626. The topological polar surface area (TPSA) is 203 Å². The van der Waals surface area contributed by atoms with Crippen LogP contribution in [0.25, 0.3) is 6.08 Å². The first-order valence-electron chi connectivity index (χ1n) is 11.7. The summed E-state index contributed by atoms with van der Waals surface area (Å²) in [5.74, 6) is 0.213. The maximum atomic E-state index is 12.2. The Morgan fingerprint density at radius 3 is 1.97 bits per heavy atom. The van der Waals surface area contributed by atoms with Crippen LogP contribution in [-0.4, -0.2) is 133 Å². The summed E-state index contributed by atoms with van der Waals surface area (Å²) in [7, 11) is 4.21. The summed E-state index contributed by atoms with van der Waals surface area (Å²) in [5, 5.41) is 60.8. The summed E-state index contributed by atoms with van der Waals surface area (Å²) in [6.45, 7) is -0.935. The van der Waals surface area contributed by atoms with Gasteiger partial charge >= 0.3 is 5.97 Å². The number of hydrogen-bond donors (Lipinski definition) is 6. The zero-order valence-corrected chi connectivity index (χ0v) is 21.0. The van der Waals surface area contributed by atoms with Crippen molar-refractivity contribution >= 4 is 12.0 Å². The van der Waals surface area contributed by atoms with Gasteiger partial charge < -0.3 is 63.8 Å². The fraction of sp³-hybridized carbons (Fsp3) is 0.625. The summed E-state index contributed by atoms with van der Waals surface area (Å²) < 4.78 is 36.7. The van der Waals surface area contributed by atoms with Crippen LogP contribution in [0, 0.1) is 0 Å². The van der Waals surface area contributed by atoms with Crippen LogP contribution in [0.5, 0.6) is 11.5 Å². The maximum Gasteiger partial charge on any atom is 0.330 e. The zero-order valence-electron chi connectivity index (χ0n) is 21.0. The van der Waals surface area contributed by atoms with E-state index in [1.54, 1.807) is 18.2 Å². The number of carbonyl (C=O) groups excluding carboxylic acids is 1. The molecule has 2 fully saturated rings. The Labute approximate surface area is 218 Å². The van der Waals surface area contributed by atoms with Crippen molar-refractivity contribution in [3.63, 3.8) is 0 Å². The molecule has 0 spiro atoms. The molecule has 0 aromatic heterocycles. The van der Waals surface area contributed by atoms with Gasteiger partial charge in [-0.1, -0.05) is 6.07 Å². The van der Waals surface area contributed by atoms with Crippen LogP contribution in [0.2, 0.25) is 0 Å². The number of rotatable bonds is 10. The van der Waals surface area contributed by atoms with E-state index in [-0.39, 0.29) is 0 Å². The Balaban J connectivity index is 1.56. The minimum atomic E-state index is -1.71. The van der Waals surface area contributed by atoms with E-state index in [1.165, 1.54) is 27.4 Å². The Bertz CT molecular complexity index is 939. The molecular weight excluding hydrogens is 512 g/mol. The van der Waals surface area contributed by atoms with Crippen LogP contribution in [0.4, 0.5) is 0 Å². The molecule has 3 rings (SSSR count). The quantitative estimate of drug-likeness (QED) is 0.133. The Hall–Kier alpha value is -2.37. The molecule has 2 saturated heterocycles. The monoisotopic (exact) mass is 546 g/mol. The molecule has 6 N–H and O–H groups in total. The molecule has 14 nitrogen and oxygen atoms in total. The molecule has 2 aliphatic heterocycles. The second-order valence-corrected chi connectivity index (χ2v) is 8.68. The lowest BCUT2D eigenvalue weighted by Crippen LogP contribution is -2.61. The molecule has 1 aromatic rings. The lowest BCUT2D eigenvalue weighted by molar-refractivity contribution is -0.328. The van der Waals surface area contributed by atoms with Gasteiger partial charge in [-0.2, -0.15) is 0 Å². The van der Waals surface area contributed by atoms with Crippen LogP contribution in [0.3, 0.4) is 0 Å². The third-order valence-electron chi connectivity index (χ3n) is 6.20. The lowest BCUT2D eigenvalue weighted by atomic mass is 9.98. The van der Waals surface area contributed by atoms with Gasteiger partial charge in [0.1, 0.15) is 55.4 Å². The van der Waals surface area contributed by atoms with E-state index in [2.05, 4.69) is 0 Å². The number of aliphatic hydroxyl groups excluding tert-OH is 6. The van der Waals surface area contributed by atoms with E-state index >= 15 is 0 Å². The first kappa shape index (κ1) is 30.2. The molecule has 0 aliphatic carbocycles. The maximum absolute atomic E-state index is 12.2. The van der Waals surface area contributed by atoms with Crippen molar-refractivity contribution in [2.75, 3.05) is 34.5 Å². The van der Waals surface area contributed by atoms with Crippen molar-refractivity contribution in [3.8, 4) is 11.5 Å².